The lowest BCUT2D eigenvalue weighted by Crippen LogP contribution is -2.35. The van der Waals surface area contributed by atoms with Gasteiger partial charge in [0.1, 0.15) is 9.79 Å². The van der Waals surface area contributed by atoms with Crippen LogP contribution in [0.5, 0.6) is 0 Å². The number of carbonyl (C=O) groups is 5. The van der Waals surface area contributed by atoms with E-state index in [1.807, 2.05) is 34.6 Å². The van der Waals surface area contributed by atoms with Crippen molar-refractivity contribution < 1.29 is 66.1 Å². The first kappa shape index (κ1) is 96.1. The van der Waals surface area contributed by atoms with Gasteiger partial charge in [-0.1, -0.05) is 49.6 Å². The summed E-state index contributed by atoms with van der Waals surface area (Å²) in [7, 11) is -20.0. The van der Waals surface area contributed by atoms with Crippen molar-refractivity contribution in [2.75, 3.05) is 26.6 Å². The van der Waals surface area contributed by atoms with Gasteiger partial charge in [0.25, 0.3) is 50.1 Å². The summed E-state index contributed by atoms with van der Waals surface area (Å²) in [4.78, 5) is 62.8. The highest BCUT2D eigenvalue weighted by Gasteiger charge is 2.37. The SMILES string of the molecule is CC(C)(C)n1ccc(S(=O)(=O)NC(=O)Nc2c3c(cc4c2CCC4)CCC3)n1.CC(C)n1cc(S(=O)(=O)NC(=O)Nc2c3c(cc4c2CCC4)CCC3)cn1.O=C(Nc1c2c(cc3c1CCC3)CCC2)NS(=O)(=O)c1ccn(C2CC2)n1.O=C(Nc1c2c(cc3c1CCC3)CCC2)NS(=O)(=O)c1ccn(C2CCCCC2)n1.O=C(Nc1c2c(cc3c1CCC3)CCC2)NS(=O)(=O)c1cnn(C2CC2)c1. The average molecular weight is 1990 g/mol. The molecule has 0 bridgehead atoms. The van der Waals surface area contributed by atoms with Crippen molar-refractivity contribution in [3.63, 3.8) is 0 Å². The van der Waals surface area contributed by atoms with Crippen molar-refractivity contribution in [3.05, 3.63) is 203 Å². The fourth-order valence-corrected chi connectivity index (χ4v) is 26.2. The molecule has 10 N–H and O–H groups in total. The predicted octanol–water partition coefficient (Wildman–Crippen LogP) is 15.4. The standard InChI is InChI=1S/C22H28N4O3S.C20H26N4O3S.2C19H22N4O3S.C19H24N4O3S/c27-22(23-21-18-10-4-6-15(18)14-16-7-5-11-19(16)21)25-30(28,29)20-12-13-26(24-20)17-8-2-1-3-9-17;1-20(2,3)24-11-10-17(22-24)28(26,27)23-19(25)21-18-15-8-4-6-13(15)12-14-7-5-9-16(14)18;24-19(22-27(25,26)15-10-20-23(11-15)14-7-8-14)21-18-16-5-1-3-12(16)9-13-4-2-6-17(13)18;24-19(22-27(25,26)17-9-10-23(21-17)14-7-8-14)20-18-15-5-1-3-12(15)11-13-4-2-6-16(13)18;1-12(2)23-11-15(10-20-23)27(25,26)22-19(24)21-18-16-7-3-5-13(16)9-14-6-4-8-17(14)18/h12-14,17H,1-11H2,(H2,23,25,27);10-12H,4-9H2,1-3H3,(H2,21,23,25);9-11,14H,1-8H2,(H2,21,22,24);9-11,14H,1-8H2,(H2,20,22,24);9-12H,3-8H2,1-2H3,(H2,21,22,24). The third-order valence-corrected chi connectivity index (χ3v) is 35.3. The van der Waals surface area contributed by atoms with Crippen LogP contribution < -0.4 is 50.2 Å². The highest BCUT2D eigenvalue weighted by molar-refractivity contribution is 7.91. The van der Waals surface area contributed by atoms with E-state index in [1.165, 1.54) is 138 Å². The first-order valence-electron chi connectivity index (χ1n) is 49.3. The third kappa shape index (κ3) is 21.1. The largest absolute Gasteiger partial charge is 0.333 e. The van der Waals surface area contributed by atoms with Gasteiger partial charge in [-0.05, 0) is 395 Å². The molecule has 5 aromatic carbocycles. The summed E-state index contributed by atoms with van der Waals surface area (Å²) in [5.74, 6) is 0. The Kier molecular flexibility index (Phi) is 27.0. The van der Waals surface area contributed by atoms with E-state index in [9.17, 15) is 66.1 Å². The minimum Gasteiger partial charge on any atom is -0.307 e. The fourth-order valence-electron chi connectivity index (χ4n) is 22.0. The molecule has 13 aliphatic rings. The van der Waals surface area contributed by atoms with Crippen LogP contribution in [0.2, 0.25) is 0 Å². The molecule has 5 heterocycles. The second-order valence-corrected chi connectivity index (χ2v) is 48.4. The zero-order valence-electron chi connectivity index (χ0n) is 79.2. The first-order chi connectivity index (χ1) is 66.5. The molecule has 13 aliphatic carbocycles. The van der Waals surface area contributed by atoms with Crippen molar-refractivity contribution in [1.82, 2.24) is 72.5 Å². The van der Waals surface area contributed by atoms with Gasteiger partial charge in [-0.2, -0.15) is 50.7 Å². The van der Waals surface area contributed by atoms with Crippen LogP contribution in [0.3, 0.4) is 0 Å². The van der Waals surface area contributed by atoms with Gasteiger partial charge in [-0.15, -0.1) is 0 Å². The number of aromatic nitrogens is 10. The summed E-state index contributed by atoms with van der Waals surface area (Å²) in [6, 6.07) is 12.9. The number of hydrogen-bond acceptors (Lipinski definition) is 20. The predicted molar refractivity (Wildman–Crippen MR) is 524 cm³/mol. The highest BCUT2D eigenvalue weighted by Crippen LogP contribution is 2.46. The number of nitrogens with zero attached hydrogens (tertiary/aromatic N) is 10. The normalized spacial score (nSPS) is 17.4. The molecule has 3 fully saturated rings. The number of benzene rings is 5. The maximum absolute atomic E-state index is 12.7. The van der Waals surface area contributed by atoms with E-state index in [1.54, 1.807) is 42.0 Å². The summed E-state index contributed by atoms with van der Waals surface area (Å²) in [5, 5.41) is 34.5. The molecule has 5 aromatic heterocycles. The summed E-state index contributed by atoms with van der Waals surface area (Å²) >= 11 is 0. The summed E-state index contributed by atoms with van der Waals surface area (Å²) < 4.78 is 145. The van der Waals surface area contributed by atoms with Crippen LogP contribution in [0.25, 0.3) is 0 Å². The van der Waals surface area contributed by atoms with Crippen LogP contribution in [0.1, 0.15) is 292 Å². The van der Waals surface area contributed by atoms with E-state index in [0.29, 0.717) is 0 Å². The molecular weight excluding hydrogens is 1870 g/mol. The van der Waals surface area contributed by atoms with Gasteiger partial charge in [0.05, 0.1) is 36.1 Å². The van der Waals surface area contributed by atoms with E-state index in [-0.39, 0.29) is 54.6 Å². The molecule has 0 radical (unpaired) electrons. The number of fused-ring (bicyclic) bond motifs is 10. The zero-order valence-corrected chi connectivity index (χ0v) is 83.3. The van der Waals surface area contributed by atoms with Gasteiger partial charge in [0.2, 0.25) is 0 Å². The molecule has 0 unspecified atom stereocenters. The molecule has 0 spiro atoms. The fraction of sp³-hybridized carbons (Fsp3) is 0.495. The number of aryl methyl sites for hydroxylation is 10. The van der Waals surface area contributed by atoms with E-state index in [4.69, 9.17) is 0 Å². The quantitative estimate of drug-likeness (QED) is 0.0359. The Bertz CT molecular complexity index is 6630. The molecular formula is C99H122N20O15S5. The Morgan fingerprint density at radius 2 is 0.554 bits per heavy atom. The van der Waals surface area contributed by atoms with E-state index < -0.39 is 80.3 Å². The Morgan fingerprint density at radius 1 is 0.302 bits per heavy atom. The minimum atomic E-state index is -4.04. The number of carbonyl (C=O) groups excluding carboxylic acids is 5. The molecule has 40 heteroatoms. The Labute approximate surface area is 811 Å². The number of urea groups is 5. The van der Waals surface area contributed by atoms with Gasteiger partial charge in [-0.25, -0.2) is 64.4 Å². The molecule has 10 amide bonds. The number of sulfonamides is 5. The van der Waals surface area contributed by atoms with Crippen LogP contribution in [0.15, 0.2) is 117 Å². The van der Waals surface area contributed by atoms with Crippen molar-refractivity contribution in [2.24, 2.45) is 0 Å². The number of nitrogens with one attached hydrogen (secondary N) is 10. The van der Waals surface area contributed by atoms with Crippen LogP contribution in [0.4, 0.5) is 52.4 Å². The third-order valence-electron chi connectivity index (χ3n) is 29.0. The highest BCUT2D eigenvalue weighted by atomic mass is 32.2. The first-order valence-corrected chi connectivity index (χ1v) is 56.7. The minimum absolute atomic E-state index is 0.0186. The van der Waals surface area contributed by atoms with Gasteiger partial charge in [-0.3, -0.25) is 23.4 Å². The van der Waals surface area contributed by atoms with Crippen molar-refractivity contribution in [1.29, 1.82) is 0 Å². The van der Waals surface area contributed by atoms with Gasteiger partial charge < -0.3 is 26.6 Å². The van der Waals surface area contributed by atoms with Gasteiger partial charge in [0.15, 0.2) is 15.1 Å². The van der Waals surface area contributed by atoms with Crippen molar-refractivity contribution >= 4 is 109 Å². The second-order valence-electron chi connectivity index (χ2n) is 40.2. The van der Waals surface area contributed by atoms with Crippen molar-refractivity contribution in [2.45, 2.75) is 340 Å². The molecule has 738 valence electrons. The summed E-state index contributed by atoms with van der Waals surface area (Å²) in [6.07, 6.45) is 50.2. The molecule has 3 saturated carbocycles. The molecule has 139 heavy (non-hydrogen) atoms. The van der Waals surface area contributed by atoms with Crippen molar-refractivity contribution in [3.8, 4) is 0 Å². The Balaban J connectivity index is 0.000000111. The van der Waals surface area contributed by atoms with Crippen LogP contribution in [-0.2, 0) is 184 Å². The van der Waals surface area contributed by atoms with Crippen LogP contribution in [-0.4, -0.2) is 121 Å². The molecule has 0 aliphatic heterocycles. The van der Waals surface area contributed by atoms with Crippen LogP contribution >= 0.6 is 0 Å². The van der Waals surface area contributed by atoms with Gasteiger partial charge >= 0.3 is 30.2 Å². The molecule has 0 atom stereocenters. The number of hydrogen-bond donors (Lipinski definition) is 10. The smallest absolute Gasteiger partial charge is 0.307 e. The average Bonchev–Trinajstić information content (AvgIpc) is 1.64. The molecule has 0 saturated heterocycles. The zero-order chi connectivity index (χ0) is 97.2. The van der Waals surface area contributed by atoms with Gasteiger partial charge in [0, 0.05) is 65.5 Å². The van der Waals surface area contributed by atoms with E-state index in [2.05, 4.69) is 106 Å². The lowest BCUT2D eigenvalue weighted by Gasteiger charge is -2.21. The number of amides is 10. The maximum atomic E-state index is 12.7. The maximum Gasteiger partial charge on any atom is 0.333 e. The monoisotopic (exact) mass is 1990 g/mol. The molecule has 23 rings (SSSR count). The molecule has 10 aromatic rings. The lowest BCUT2D eigenvalue weighted by atomic mass is 9.96. The number of rotatable bonds is 19. The Morgan fingerprint density at radius 3 is 0.820 bits per heavy atom. The summed E-state index contributed by atoms with van der Waals surface area (Å²) in [5.41, 5.74) is 28.3. The van der Waals surface area contributed by atoms with E-state index >= 15 is 0 Å². The summed E-state index contributed by atoms with van der Waals surface area (Å²) in [6.45, 7) is 9.58. The van der Waals surface area contributed by atoms with Crippen LogP contribution in [0, 0.1) is 0 Å². The number of anilines is 5. The second kappa shape index (κ2) is 39.0. The molecule has 35 nitrogen and oxygen atoms in total. The van der Waals surface area contributed by atoms with E-state index in [0.717, 1.165) is 295 Å². The topological polar surface area (TPSA) is 465 Å². The Hall–Kier alpha value is -11.8. The lowest BCUT2D eigenvalue weighted by molar-refractivity contribution is 0.255.